The third kappa shape index (κ3) is 3.92. The lowest BCUT2D eigenvalue weighted by molar-refractivity contribution is 0.567. The summed E-state index contributed by atoms with van der Waals surface area (Å²) < 4.78 is 13.5. The Morgan fingerprint density at radius 2 is 1.90 bits per heavy atom. The Morgan fingerprint density at radius 1 is 1.20 bits per heavy atom. The molecule has 106 valence electrons. The van der Waals surface area contributed by atoms with Crippen LogP contribution < -0.4 is 5.32 Å². The Hall–Kier alpha value is -1.16. The number of nitrogens with one attached hydrogen (secondary N) is 1. The molecule has 0 bridgehead atoms. The monoisotopic (exact) mass is 312 g/mol. The fourth-order valence-electron chi connectivity index (χ4n) is 1.96. The lowest BCUT2D eigenvalue weighted by Crippen LogP contribution is -2.21. The van der Waals surface area contributed by atoms with Gasteiger partial charge in [-0.15, -0.1) is 0 Å². The molecule has 0 saturated carbocycles. The van der Waals surface area contributed by atoms with Crippen LogP contribution in [0.3, 0.4) is 0 Å². The maximum atomic E-state index is 13.5. The van der Waals surface area contributed by atoms with Crippen LogP contribution in [0.25, 0.3) is 0 Å². The summed E-state index contributed by atoms with van der Waals surface area (Å²) in [6.07, 6.45) is 4.41. The summed E-state index contributed by atoms with van der Waals surface area (Å²) in [6.45, 7) is 2.72. The predicted octanol–water partition coefficient (Wildman–Crippen LogP) is 4.42. The summed E-state index contributed by atoms with van der Waals surface area (Å²) in [6, 6.07) is 6.72. The van der Waals surface area contributed by atoms with Crippen molar-refractivity contribution >= 4 is 23.2 Å². The molecule has 1 N–H and O–H groups in total. The second-order valence-electron chi connectivity index (χ2n) is 4.57. The van der Waals surface area contributed by atoms with Gasteiger partial charge in [0.05, 0.1) is 5.02 Å². The molecule has 0 saturated heterocycles. The van der Waals surface area contributed by atoms with Crippen LogP contribution in [-0.2, 0) is 6.42 Å². The first-order valence-corrected chi connectivity index (χ1v) is 7.10. The van der Waals surface area contributed by atoms with Crippen LogP contribution in [0.4, 0.5) is 4.39 Å². The molecular formula is C15H15Cl2FN2. The van der Waals surface area contributed by atoms with E-state index < -0.39 is 5.82 Å². The highest BCUT2D eigenvalue weighted by molar-refractivity contribution is 6.35. The van der Waals surface area contributed by atoms with Gasteiger partial charge in [-0.3, -0.25) is 4.98 Å². The van der Waals surface area contributed by atoms with E-state index in [1.54, 1.807) is 12.4 Å². The fraction of sp³-hybridized carbons (Fsp3) is 0.267. The molecule has 2 rings (SSSR count). The van der Waals surface area contributed by atoms with Gasteiger partial charge in [0.1, 0.15) is 5.82 Å². The average molecular weight is 313 g/mol. The van der Waals surface area contributed by atoms with Gasteiger partial charge in [-0.05, 0) is 55.3 Å². The zero-order chi connectivity index (χ0) is 14.5. The van der Waals surface area contributed by atoms with Crippen molar-refractivity contribution in [3.05, 3.63) is 63.6 Å². The number of aromatic nitrogens is 1. The van der Waals surface area contributed by atoms with Crippen molar-refractivity contribution < 1.29 is 4.39 Å². The van der Waals surface area contributed by atoms with Crippen LogP contribution in [0.5, 0.6) is 0 Å². The van der Waals surface area contributed by atoms with E-state index in [9.17, 15) is 4.39 Å². The first-order chi connectivity index (χ1) is 9.58. The fourth-order valence-corrected chi connectivity index (χ4v) is 2.51. The highest BCUT2D eigenvalue weighted by Gasteiger charge is 2.12. The van der Waals surface area contributed by atoms with Crippen LogP contribution in [0.2, 0.25) is 10.0 Å². The minimum atomic E-state index is -0.450. The molecule has 2 nitrogen and oxygen atoms in total. The second kappa shape index (κ2) is 7.02. The first-order valence-electron chi connectivity index (χ1n) is 6.34. The number of nitrogens with zero attached hydrogens (tertiary/aromatic N) is 1. The number of halogens is 3. The van der Waals surface area contributed by atoms with E-state index in [-0.39, 0.29) is 11.1 Å². The molecule has 0 aliphatic heterocycles. The minimum Gasteiger partial charge on any atom is -0.310 e. The van der Waals surface area contributed by atoms with Crippen LogP contribution in [0, 0.1) is 5.82 Å². The summed E-state index contributed by atoms with van der Waals surface area (Å²) >= 11 is 11.8. The van der Waals surface area contributed by atoms with Gasteiger partial charge < -0.3 is 5.32 Å². The Morgan fingerprint density at radius 3 is 2.60 bits per heavy atom. The van der Waals surface area contributed by atoms with Crippen LogP contribution in [0.15, 0.2) is 36.7 Å². The lowest BCUT2D eigenvalue weighted by Gasteiger charge is -2.16. The molecule has 0 fully saturated rings. The van der Waals surface area contributed by atoms with Gasteiger partial charge in [0.2, 0.25) is 0 Å². The van der Waals surface area contributed by atoms with Crippen molar-refractivity contribution in [2.45, 2.75) is 19.4 Å². The number of hydrogen-bond donors (Lipinski definition) is 1. The van der Waals surface area contributed by atoms with Gasteiger partial charge in [-0.25, -0.2) is 4.39 Å². The molecule has 5 heteroatoms. The van der Waals surface area contributed by atoms with Gasteiger partial charge >= 0.3 is 0 Å². The maximum absolute atomic E-state index is 13.5. The van der Waals surface area contributed by atoms with Crippen molar-refractivity contribution in [1.82, 2.24) is 10.3 Å². The van der Waals surface area contributed by atoms with Crippen LogP contribution in [0.1, 0.15) is 24.1 Å². The summed E-state index contributed by atoms with van der Waals surface area (Å²) in [5.41, 5.74) is 1.91. The summed E-state index contributed by atoms with van der Waals surface area (Å²) in [4.78, 5) is 3.97. The molecule has 20 heavy (non-hydrogen) atoms. The summed E-state index contributed by atoms with van der Waals surface area (Å²) in [7, 11) is 0. The van der Waals surface area contributed by atoms with Crippen molar-refractivity contribution in [3.8, 4) is 0 Å². The Bertz CT molecular complexity index is 576. The zero-order valence-corrected chi connectivity index (χ0v) is 12.5. The normalized spacial score (nSPS) is 12.4. The summed E-state index contributed by atoms with van der Waals surface area (Å²) in [5.74, 6) is -0.450. The molecule has 2 aromatic rings. The highest BCUT2D eigenvalue weighted by atomic mass is 35.5. The van der Waals surface area contributed by atoms with Gasteiger partial charge in [0.25, 0.3) is 0 Å². The minimum absolute atomic E-state index is 0.0442. The molecule has 1 aromatic carbocycles. The molecule has 1 aromatic heterocycles. The van der Waals surface area contributed by atoms with Gasteiger partial charge in [0.15, 0.2) is 0 Å². The standard InChI is InChI=1S/C15H15Cl2FN2/c1-10(12-8-15(18)14(17)9-13(12)16)20-7-4-11-2-5-19-6-3-11/h2-3,5-6,8-10,20H,4,7H2,1H3. The van der Waals surface area contributed by atoms with Gasteiger partial charge in [0, 0.05) is 23.5 Å². The Balaban J connectivity index is 1.95. The zero-order valence-electron chi connectivity index (χ0n) is 11.0. The third-order valence-corrected chi connectivity index (χ3v) is 3.74. The topological polar surface area (TPSA) is 24.9 Å². The molecular weight excluding hydrogens is 298 g/mol. The quantitative estimate of drug-likeness (QED) is 0.827. The first kappa shape index (κ1) is 15.2. The van der Waals surface area contributed by atoms with Crippen LogP contribution in [-0.4, -0.2) is 11.5 Å². The average Bonchev–Trinajstić information content (AvgIpc) is 2.44. The van der Waals surface area contributed by atoms with E-state index in [4.69, 9.17) is 23.2 Å². The van der Waals surface area contributed by atoms with E-state index >= 15 is 0 Å². The molecule has 0 aliphatic carbocycles. The number of hydrogen-bond acceptors (Lipinski definition) is 2. The van der Waals surface area contributed by atoms with E-state index in [0.717, 1.165) is 13.0 Å². The van der Waals surface area contributed by atoms with Gasteiger partial charge in [-0.2, -0.15) is 0 Å². The third-order valence-electron chi connectivity index (χ3n) is 3.12. The molecule has 1 unspecified atom stereocenters. The second-order valence-corrected chi connectivity index (χ2v) is 5.38. The van der Waals surface area contributed by atoms with E-state index in [1.165, 1.54) is 17.7 Å². The van der Waals surface area contributed by atoms with Crippen molar-refractivity contribution in [2.24, 2.45) is 0 Å². The number of benzene rings is 1. The molecule has 1 atom stereocenters. The lowest BCUT2D eigenvalue weighted by atomic mass is 10.1. The van der Waals surface area contributed by atoms with E-state index in [1.807, 2.05) is 19.1 Å². The number of rotatable bonds is 5. The molecule has 0 aliphatic rings. The predicted molar refractivity (Wildman–Crippen MR) is 80.8 cm³/mol. The smallest absolute Gasteiger partial charge is 0.142 e. The SMILES string of the molecule is CC(NCCc1ccncc1)c1cc(F)c(Cl)cc1Cl. The van der Waals surface area contributed by atoms with Crippen molar-refractivity contribution in [2.75, 3.05) is 6.54 Å². The molecule has 0 spiro atoms. The summed E-state index contributed by atoms with van der Waals surface area (Å²) in [5, 5.41) is 3.84. The Labute approximate surface area is 127 Å². The number of pyridine rings is 1. The van der Waals surface area contributed by atoms with Crippen molar-refractivity contribution in [1.29, 1.82) is 0 Å². The molecule has 0 radical (unpaired) electrons. The molecule has 1 heterocycles. The Kier molecular flexibility index (Phi) is 5.35. The van der Waals surface area contributed by atoms with E-state index in [0.29, 0.717) is 10.6 Å². The van der Waals surface area contributed by atoms with Gasteiger partial charge in [-0.1, -0.05) is 23.2 Å². The maximum Gasteiger partial charge on any atom is 0.142 e. The largest absolute Gasteiger partial charge is 0.310 e. The van der Waals surface area contributed by atoms with Crippen molar-refractivity contribution in [3.63, 3.8) is 0 Å². The highest BCUT2D eigenvalue weighted by Crippen LogP contribution is 2.28. The van der Waals surface area contributed by atoms with Crippen LogP contribution >= 0.6 is 23.2 Å². The van der Waals surface area contributed by atoms with E-state index in [2.05, 4.69) is 10.3 Å². The molecule has 0 amide bonds.